The third kappa shape index (κ3) is 3.79. The molecule has 0 bridgehead atoms. The van der Waals surface area contributed by atoms with Gasteiger partial charge in [-0.1, -0.05) is 24.3 Å². The molecular weight excluding hydrogens is 352 g/mol. The van der Waals surface area contributed by atoms with Gasteiger partial charge in [0.2, 0.25) is 5.91 Å². The summed E-state index contributed by atoms with van der Waals surface area (Å²) in [7, 11) is 0. The smallest absolute Gasteiger partial charge is 0.323 e. The molecule has 0 aliphatic rings. The Morgan fingerprint density at radius 2 is 1.70 bits per heavy atom. The fraction of sp³-hybridized carbons (Fsp3) is 0.158. The van der Waals surface area contributed by atoms with Gasteiger partial charge in [-0.05, 0) is 17.7 Å². The van der Waals surface area contributed by atoms with E-state index in [1.165, 1.54) is 16.8 Å². The maximum absolute atomic E-state index is 13.1. The summed E-state index contributed by atoms with van der Waals surface area (Å²) in [6.07, 6.45) is 2.30. The van der Waals surface area contributed by atoms with E-state index in [1.807, 2.05) is 12.1 Å². The van der Waals surface area contributed by atoms with Crippen LogP contribution in [0.1, 0.15) is 22.7 Å². The molecule has 0 spiro atoms. The summed E-state index contributed by atoms with van der Waals surface area (Å²) < 4.78 is 2.31. The highest BCUT2D eigenvalue weighted by molar-refractivity contribution is 5.97. The maximum atomic E-state index is 13.1. The van der Waals surface area contributed by atoms with Gasteiger partial charge in [0, 0.05) is 23.8 Å². The Hall–Kier alpha value is -3.68. The number of aliphatic carboxylic acids is 2. The minimum atomic E-state index is -1.22. The number of para-hydroxylation sites is 1. The molecule has 0 saturated heterocycles. The second kappa shape index (κ2) is 7.28. The van der Waals surface area contributed by atoms with Crippen molar-refractivity contribution in [1.29, 1.82) is 0 Å². The molecule has 2 heterocycles. The van der Waals surface area contributed by atoms with Gasteiger partial charge in [0.1, 0.15) is 6.54 Å². The van der Waals surface area contributed by atoms with Crippen molar-refractivity contribution in [2.75, 3.05) is 0 Å². The van der Waals surface area contributed by atoms with Crippen LogP contribution in [0.5, 0.6) is 0 Å². The Morgan fingerprint density at radius 3 is 2.41 bits per heavy atom. The molecule has 138 valence electrons. The molecule has 3 aromatic rings. The number of benzene rings is 1. The van der Waals surface area contributed by atoms with Crippen molar-refractivity contribution in [2.45, 2.75) is 18.9 Å². The highest BCUT2D eigenvalue weighted by Crippen LogP contribution is 2.24. The van der Waals surface area contributed by atoms with E-state index in [-0.39, 0.29) is 5.56 Å². The summed E-state index contributed by atoms with van der Waals surface area (Å²) in [5.74, 6) is -3.94. The lowest BCUT2D eigenvalue weighted by Crippen LogP contribution is -2.27. The van der Waals surface area contributed by atoms with Gasteiger partial charge in [0.25, 0.3) is 5.56 Å². The van der Waals surface area contributed by atoms with Crippen molar-refractivity contribution in [1.82, 2.24) is 9.13 Å². The number of fused-ring (bicyclic) bond motifs is 1. The number of carboxylic acids is 2. The van der Waals surface area contributed by atoms with E-state index in [0.717, 1.165) is 16.0 Å². The number of rotatable bonds is 6. The highest BCUT2D eigenvalue weighted by atomic mass is 16.4. The van der Waals surface area contributed by atoms with Gasteiger partial charge >= 0.3 is 11.9 Å². The molecule has 8 heteroatoms. The van der Waals surface area contributed by atoms with Crippen LogP contribution in [0.15, 0.2) is 59.7 Å². The number of carboxylic acid groups (broad SMARTS) is 2. The molecule has 0 fully saturated rings. The Morgan fingerprint density at radius 1 is 0.963 bits per heavy atom. The van der Waals surface area contributed by atoms with Crippen LogP contribution in [0.2, 0.25) is 0 Å². The van der Waals surface area contributed by atoms with E-state index in [9.17, 15) is 24.3 Å². The largest absolute Gasteiger partial charge is 0.481 e. The Bertz CT molecular complexity index is 1090. The molecule has 3 rings (SSSR count). The van der Waals surface area contributed by atoms with Crippen molar-refractivity contribution >= 4 is 28.7 Å². The van der Waals surface area contributed by atoms with Crippen molar-refractivity contribution in [3.63, 3.8) is 0 Å². The van der Waals surface area contributed by atoms with Crippen molar-refractivity contribution < 1.29 is 24.6 Å². The van der Waals surface area contributed by atoms with E-state index in [2.05, 4.69) is 0 Å². The molecule has 1 aromatic carbocycles. The first-order valence-corrected chi connectivity index (χ1v) is 8.11. The van der Waals surface area contributed by atoms with Crippen LogP contribution in [0, 0.1) is 0 Å². The topological polar surface area (TPSA) is 119 Å². The number of hydrogen-bond donors (Lipinski definition) is 2. The zero-order valence-electron chi connectivity index (χ0n) is 14.1. The first-order chi connectivity index (χ1) is 12.9. The van der Waals surface area contributed by atoms with Gasteiger partial charge in [-0.25, -0.2) is 0 Å². The normalized spacial score (nSPS) is 12.0. The summed E-state index contributed by atoms with van der Waals surface area (Å²) in [6, 6.07) is 11.4. The van der Waals surface area contributed by atoms with Crippen LogP contribution in [-0.2, 0) is 16.1 Å². The van der Waals surface area contributed by atoms with Crippen molar-refractivity contribution in [2.24, 2.45) is 0 Å². The lowest BCUT2D eigenvalue weighted by atomic mass is 9.96. The molecule has 1 atom stereocenters. The summed E-state index contributed by atoms with van der Waals surface area (Å²) in [4.78, 5) is 47.1. The molecule has 0 aliphatic heterocycles. The molecule has 0 saturated carbocycles. The Labute approximate surface area is 152 Å². The third-order valence-corrected chi connectivity index (χ3v) is 4.23. The monoisotopic (exact) mass is 368 g/mol. The van der Waals surface area contributed by atoms with Gasteiger partial charge < -0.3 is 14.8 Å². The third-order valence-electron chi connectivity index (χ3n) is 4.23. The minimum Gasteiger partial charge on any atom is -0.481 e. The predicted octanol–water partition coefficient (Wildman–Crippen LogP) is 1.79. The van der Waals surface area contributed by atoms with Crippen LogP contribution in [0.4, 0.5) is 0 Å². The average Bonchev–Trinajstić information content (AvgIpc) is 3.05. The lowest BCUT2D eigenvalue weighted by Gasteiger charge is -2.17. The molecule has 1 unspecified atom stereocenters. The standard InChI is InChI=1S/C19H16N2O6/c22-16-6-5-13(10-20(16)11-18(25)26)14(9-17(23)24)19(27)21-8-7-12-3-1-2-4-15(12)21/h1-8,10,14H,9,11H2,(H,23,24)(H,25,26). The van der Waals surface area contributed by atoms with Crippen molar-refractivity contribution in [3.05, 3.63) is 70.8 Å². The molecule has 8 nitrogen and oxygen atoms in total. The van der Waals surface area contributed by atoms with E-state index in [0.29, 0.717) is 5.52 Å². The quantitative estimate of drug-likeness (QED) is 0.685. The highest BCUT2D eigenvalue weighted by Gasteiger charge is 2.26. The fourth-order valence-corrected chi connectivity index (χ4v) is 2.99. The molecule has 2 N–H and O–H groups in total. The van der Waals surface area contributed by atoms with Gasteiger partial charge in [0.15, 0.2) is 0 Å². The van der Waals surface area contributed by atoms with E-state index >= 15 is 0 Å². The maximum Gasteiger partial charge on any atom is 0.323 e. The summed E-state index contributed by atoms with van der Waals surface area (Å²) >= 11 is 0. The van der Waals surface area contributed by atoms with Gasteiger partial charge in [-0.15, -0.1) is 0 Å². The van der Waals surface area contributed by atoms with Crippen LogP contribution in [0.3, 0.4) is 0 Å². The zero-order chi connectivity index (χ0) is 19.6. The molecular formula is C19H16N2O6. The first-order valence-electron chi connectivity index (χ1n) is 8.11. The Kier molecular flexibility index (Phi) is 4.89. The van der Waals surface area contributed by atoms with E-state index in [4.69, 9.17) is 5.11 Å². The number of carbonyl (C=O) groups is 3. The molecule has 2 aromatic heterocycles. The lowest BCUT2D eigenvalue weighted by molar-refractivity contribution is -0.138. The fourth-order valence-electron chi connectivity index (χ4n) is 2.99. The number of carbonyl (C=O) groups excluding carboxylic acids is 1. The number of aromatic nitrogens is 2. The minimum absolute atomic E-state index is 0.265. The SMILES string of the molecule is O=C(O)CC(C(=O)n1ccc2ccccc21)c1ccc(=O)n(CC(=O)O)c1. The zero-order valence-corrected chi connectivity index (χ0v) is 14.1. The molecule has 27 heavy (non-hydrogen) atoms. The summed E-state index contributed by atoms with van der Waals surface area (Å²) in [6.45, 7) is -0.576. The van der Waals surface area contributed by atoms with Crippen LogP contribution < -0.4 is 5.56 Å². The molecule has 0 amide bonds. The summed E-state index contributed by atoms with van der Waals surface area (Å²) in [5, 5.41) is 19.0. The number of hydrogen-bond acceptors (Lipinski definition) is 4. The van der Waals surface area contributed by atoms with Gasteiger partial charge in [-0.2, -0.15) is 0 Å². The first kappa shape index (κ1) is 18.1. The molecule has 0 aliphatic carbocycles. The average molecular weight is 368 g/mol. The summed E-state index contributed by atoms with van der Waals surface area (Å²) in [5.41, 5.74) is 0.354. The second-order valence-corrected chi connectivity index (χ2v) is 6.06. The van der Waals surface area contributed by atoms with Crippen LogP contribution >= 0.6 is 0 Å². The van der Waals surface area contributed by atoms with E-state index in [1.54, 1.807) is 24.4 Å². The van der Waals surface area contributed by atoms with Crippen molar-refractivity contribution in [3.8, 4) is 0 Å². The number of nitrogens with zero attached hydrogens (tertiary/aromatic N) is 2. The van der Waals surface area contributed by atoms with Crippen LogP contribution in [-0.4, -0.2) is 37.2 Å². The van der Waals surface area contributed by atoms with Crippen LogP contribution in [0.25, 0.3) is 10.9 Å². The number of pyridine rings is 1. The van der Waals surface area contributed by atoms with Gasteiger partial charge in [-0.3, -0.25) is 23.7 Å². The van der Waals surface area contributed by atoms with E-state index < -0.39 is 42.3 Å². The molecule has 0 radical (unpaired) electrons. The second-order valence-electron chi connectivity index (χ2n) is 6.06. The predicted molar refractivity (Wildman–Crippen MR) is 95.9 cm³/mol. The van der Waals surface area contributed by atoms with Gasteiger partial charge in [0.05, 0.1) is 17.9 Å². The Balaban J connectivity index is 2.06.